The first-order chi connectivity index (χ1) is 24.7. The predicted molar refractivity (Wildman–Crippen MR) is 200 cm³/mol. The third-order valence-electron chi connectivity index (χ3n) is 7.65. The smallest absolute Gasteiger partial charge is 0.328 e. The number of nitrogens with zero attached hydrogens (tertiary/aromatic N) is 2. The molecule has 4 rings (SSSR count). The van der Waals surface area contributed by atoms with E-state index in [9.17, 15) is 34.6 Å². The molecule has 4 aromatic carbocycles. The highest BCUT2D eigenvalue weighted by molar-refractivity contribution is 7.80. The summed E-state index contributed by atoms with van der Waals surface area (Å²) < 4.78 is 9.59. The number of carbonyl (C=O) groups is 3. The van der Waals surface area contributed by atoms with Gasteiger partial charge in [-0.3, -0.25) is 25.0 Å². The lowest BCUT2D eigenvalue weighted by molar-refractivity contribution is -0.385. The van der Waals surface area contributed by atoms with Gasteiger partial charge in [-0.2, -0.15) is 0 Å². The number of nitro groups is 2. The number of hydrogen-bond donors (Lipinski definition) is 2. The van der Waals surface area contributed by atoms with E-state index in [1.165, 1.54) is 50.6 Å². The maximum absolute atomic E-state index is 12.6. The van der Waals surface area contributed by atoms with Gasteiger partial charge in [-0.1, -0.05) is 84.0 Å². The van der Waals surface area contributed by atoms with Crippen molar-refractivity contribution in [1.82, 2.24) is 10.6 Å². The van der Waals surface area contributed by atoms with Gasteiger partial charge < -0.3 is 20.1 Å². The van der Waals surface area contributed by atoms with E-state index in [-0.39, 0.29) is 34.8 Å². The lowest BCUT2D eigenvalue weighted by atomic mass is 10.0. The first-order valence-electron chi connectivity index (χ1n) is 15.4. The molecule has 16 heteroatoms. The maximum Gasteiger partial charge on any atom is 0.328 e. The fourth-order valence-electron chi connectivity index (χ4n) is 4.95. The molecule has 52 heavy (non-hydrogen) atoms. The van der Waals surface area contributed by atoms with Crippen molar-refractivity contribution in [3.8, 4) is 0 Å². The van der Waals surface area contributed by atoms with Gasteiger partial charge in [-0.05, 0) is 48.2 Å². The number of halogens is 2. The van der Waals surface area contributed by atoms with Gasteiger partial charge in [0.25, 0.3) is 17.3 Å². The number of rotatable bonds is 12. The Balaban J connectivity index is 0.000000280. The summed E-state index contributed by atoms with van der Waals surface area (Å²) in [5.74, 6) is -1.61. The van der Waals surface area contributed by atoms with Gasteiger partial charge in [0.2, 0.25) is 0 Å². The number of nitrogens with one attached hydrogen (secondary N) is 2. The van der Waals surface area contributed by atoms with Crippen LogP contribution in [0.2, 0.25) is 10.0 Å². The van der Waals surface area contributed by atoms with Crippen LogP contribution in [0.25, 0.3) is 0 Å². The predicted octanol–water partition coefficient (Wildman–Crippen LogP) is 6.68. The zero-order chi connectivity index (χ0) is 38.5. The Morgan fingerprint density at radius 3 is 1.42 bits per heavy atom. The van der Waals surface area contributed by atoms with E-state index in [0.717, 1.165) is 11.1 Å². The molecule has 0 spiro atoms. The van der Waals surface area contributed by atoms with Gasteiger partial charge >= 0.3 is 11.9 Å². The fourth-order valence-corrected chi connectivity index (χ4v) is 6.04. The number of ether oxygens (including phenoxy) is 2. The van der Waals surface area contributed by atoms with E-state index in [4.69, 9.17) is 44.9 Å². The number of aryl methyl sites for hydroxylation is 2. The van der Waals surface area contributed by atoms with Crippen LogP contribution in [0.4, 0.5) is 11.4 Å². The van der Waals surface area contributed by atoms with E-state index in [1.807, 2.05) is 19.1 Å². The van der Waals surface area contributed by atoms with Crippen molar-refractivity contribution in [2.75, 3.05) is 14.2 Å². The number of non-ortho nitro benzene ring substituents is 2. The Morgan fingerprint density at radius 2 is 1.06 bits per heavy atom. The summed E-state index contributed by atoms with van der Waals surface area (Å²) in [5.41, 5.74) is 3.80. The summed E-state index contributed by atoms with van der Waals surface area (Å²) in [6.45, 7) is 3.61. The van der Waals surface area contributed by atoms with Crippen LogP contribution in [0.3, 0.4) is 0 Å². The molecule has 0 aromatic heterocycles. The van der Waals surface area contributed by atoms with Gasteiger partial charge in [0, 0.05) is 42.7 Å². The number of hydrogen-bond acceptors (Lipinski definition) is 10. The molecule has 0 saturated carbocycles. The SMILES string of the molecule is COC(=O)C(Cc1ccc([N+](=O)[O-])cc1)NC(=O)c1c(C)cccc1Cl.COC(=O)C(Cc1ccc([N+](=O)[O-])cc1)NC(=S)c1c(C)cccc1Cl. The summed E-state index contributed by atoms with van der Waals surface area (Å²) in [7, 11) is 2.51. The minimum Gasteiger partial charge on any atom is -0.467 e. The zero-order valence-electron chi connectivity index (χ0n) is 28.4. The van der Waals surface area contributed by atoms with Crippen molar-refractivity contribution < 1.29 is 33.7 Å². The third-order valence-corrected chi connectivity index (χ3v) is 8.61. The van der Waals surface area contributed by atoms with Crippen LogP contribution in [0.5, 0.6) is 0 Å². The number of thiocarbonyl (C=S) groups is 1. The van der Waals surface area contributed by atoms with Crippen molar-refractivity contribution in [3.05, 3.63) is 149 Å². The second-order valence-corrected chi connectivity index (χ2v) is 12.4. The molecular weight excluding hydrogens is 735 g/mol. The standard InChI is InChI=1S/C18H17ClN2O5.C18H17ClN2O4S/c1-11-4-3-5-14(19)16(11)17(22)20-15(18(23)26-2)10-12-6-8-13(9-7-12)21(24)25;1-11-4-3-5-14(19)16(11)17(26)20-15(18(22)25-2)10-12-6-8-13(9-7-12)21(23)24/h3-9,15H,10H2,1-2H3,(H,20,22);3-9,15H,10H2,1-2H3,(H,20,26). The van der Waals surface area contributed by atoms with Crippen LogP contribution in [0, 0.1) is 34.1 Å². The van der Waals surface area contributed by atoms with Crippen LogP contribution in [-0.4, -0.2) is 59.0 Å². The molecule has 1 amide bonds. The number of nitro benzene ring substituents is 2. The summed E-state index contributed by atoms with van der Waals surface area (Å²) >= 11 is 17.7. The summed E-state index contributed by atoms with van der Waals surface area (Å²) in [5, 5.41) is 27.8. The molecule has 0 heterocycles. The van der Waals surface area contributed by atoms with E-state index in [2.05, 4.69) is 10.6 Å². The molecule has 0 bridgehead atoms. The van der Waals surface area contributed by atoms with Crippen LogP contribution >= 0.6 is 35.4 Å². The second-order valence-electron chi connectivity index (χ2n) is 11.2. The highest BCUT2D eigenvalue weighted by Gasteiger charge is 2.25. The molecule has 272 valence electrons. The minimum atomic E-state index is -0.954. The summed E-state index contributed by atoms with van der Waals surface area (Å²) in [4.78, 5) is 57.6. The van der Waals surface area contributed by atoms with E-state index >= 15 is 0 Å². The maximum atomic E-state index is 12.6. The number of esters is 2. The highest BCUT2D eigenvalue weighted by atomic mass is 35.5. The topological polar surface area (TPSA) is 180 Å². The number of amides is 1. The summed E-state index contributed by atoms with van der Waals surface area (Å²) in [6, 6.07) is 20.5. The lowest BCUT2D eigenvalue weighted by Crippen LogP contribution is -2.43. The molecule has 0 fully saturated rings. The van der Waals surface area contributed by atoms with Crippen molar-refractivity contribution in [2.45, 2.75) is 38.8 Å². The van der Waals surface area contributed by atoms with Crippen LogP contribution < -0.4 is 10.6 Å². The Morgan fingerprint density at radius 1 is 0.673 bits per heavy atom. The first-order valence-corrected chi connectivity index (χ1v) is 16.6. The quantitative estimate of drug-likeness (QED) is 0.0680. The number of methoxy groups -OCH3 is 2. The second kappa shape index (κ2) is 19.2. The molecule has 0 saturated heterocycles. The monoisotopic (exact) mass is 768 g/mol. The largest absolute Gasteiger partial charge is 0.467 e. The van der Waals surface area contributed by atoms with Crippen LogP contribution in [-0.2, 0) is 31.9 Å². The van der Waals surface area contributed by atoms with Gasteiger partial charge in [0.05, 0.1) is 39.7 Å². The zero-order valence-corrected chi connectivity index (χ0v) is 30.7. The molecule has 0 radical (unpaired) electrons. The van der Waals surface area contributed by atoms with Gasteiger partial charge in [-0.15, -0.1) is 0 Å². The van der Waals surface area contributed by atoms with Crippen molar-refractivity contribution >= 4 is 69.6 Å². The van der Waals surface area contributed by atoms with E-state index in [0.29, 0.717) is 26.7 Å². The van der Waals surface area contributed by atoms with Crippen molar-refractivity contribution in [2.24, 2.45) is 0 Å². The number of benzene rings is 4. The molecule has 2 N–H and O–H groups in total. The van der Waals surface area contributed by atoms with Crippen LogP contribution in [0.1, 0.15) is 38.2 Å². The normalized spacial score (nSPS) is 11.5. The Kier molecular flexibility index (Phi) is 15.2. The Hall–Kier alpha value is -5.44. The van der Waals surface area contributed by atoms with Gasteiger partial charge in [0.15, 0.2) is 0 Å². The molecule has 13 nitrogen and oxygen atoms in total. The van der Waals surface area contributed by atoms with Crippen LogP contribution in [0.15, 0.2) is 84.9 Å². The first kappa shape index (κ1) is 41.0. The average Bonchev–Trinajstić information content (AvgIpc) is 3.11. The van der Waals surface area contributed by atoms with E-state index in [1.54, 1.807) is 43.3 Å². The average molecular weight is 770 g/mol. The fraction of sp³-hybridized carbons (Fsp3) is 0.222. The minimum absolute atomic E-state index is 0.0152. The molecule has 0 aliphatic rings. The number of carbonyl (C=O) groups excluding carboxylic acids is 3. The van der Waals surface area contributed by atoms with Gasteiger partial charge in [0.1, 0.15) is 17.1 Å². The van der Waals surface area contributed by atoms with Crippen molar-refractivity contribution in [1.29, 1.82) is 0 Å². The molecule has 2 atom stereocenters. The van der Waals surface area contributed by atoms with Gasteiger partial charge in [-0.25, -0.2) is 9.59 Å². The Bertz CT molecular complexity index is 1780. The molecular formula is C36H34Cl2N4O9S. The Labute approximate surface area is 314 Å². The van der Waals surface area contributed by atoms with Crippen molar-refractivity contribution in [3.63, 3.8) is 0 Å². The lowest BCUT2D eigenvalue weighted by Gasteiger charge is -2.20. The molecule has 4 aromatic rings. The molecule has 0 aliphatic heterocycles. The molecule has 0 aliphatic carbocycles. The molecule has 2 unspecified atom stereocenters. The van der Waals surface area contributed by atoms with E-state index < -0.39 is 39.8 Å². The third kappa shape index (κ3) is 11.3. The summed E-state index contributed by atoms with van der Waals surface area (Å²) in [6.07, 6.45) is 0.383. The highest BCUT2D eigenvalue weighted by Crippen LogP contribution is 2.22.